The lowest BCUT2D eigenvalue weighted by atomic mass is 10.0. The summed E-state index contributed by atoms with van der Waals surface area (Å²) in [5.74, 6) is -0.876. The average Bonchev–Trinajstić information content (AvgIpc) is 2.86. The predicted octanol–water partition coefficient (Wildman–Crippen LogP) is 2.82. The lowest BCUT2D eigenvalue weighted by Crippen LogP contribution is -2.19. The molecule has 94 valence electrons. The van der Waals surface area contributed by atoms with Crippen molar-refractivity contribution in [3.63, 3.8) is 0 Å². The minimum absolute atomic E-state index is 0.374. The van der Waals surface area contributed by atoms with Crippen LogP contribution >= 0.6 is 11.3 Å². The Morgan fingerprint density at radius 2 is 2.41 bits per heavy atom. The first-order valence-corrected chi connectivity index (χ1v) is 6.76. The maximum Gasteiger partial charge on any atom is 0.347 e. The van der Waals surface area contributed by atoms with Gasteiger partial charge in [-0.3, -0.25) is 0 Å². The lowest BCUT2D eigenvalue weighted by molar-refractivity contribution is 0.0165. The van der Waals surface area contributed by atoms with Crippen molar-refractivity contribution in [2.24, 2.45) is 0 Å². The van der Waals surface area contributed by atoms with Crippen molar-refractivity contribution in [2.75, 3.05) is 6.61 Å². The van der Waals surface area contributed by atoms with Crippen LogP contribution in [0.5, 0.6) is 0 Å². The second-order valence-electron chi connectivity index (χ2n) is 4.53. The second-order valence-corrected chi connectivity index (χ2v) is 5.53. The molecule has 0 amide bonds. The number of hydrogen-bond acceptors (Lipinski definition) is 4. The third kappa shape index (κ3) is 2.35. The molecule has 1 saturated heterocycles. The molecule has 1 aliphatic rings. The van der Waals surface area contributed by atoms with E-state index in [9.17, 15) is 4.79 Å². The monoisotopic (exact) mass is 255 g/mol. The van der Waals surface area contributed by atoms with Crippen LogP contribution in [0.4, 0.5) is 0 Å². The molecule has 2 heterocycles. The summed E-state index contributed by atoms with van der Waals surface area (Å²) in [7, 11) is 0. The largest absolute Gasteiger partial charge is 0.477 e. The van der Waals surface area contributed by atoms with Crippen molar-refractivity contribution in [3.05, 3.63) is 15.6 Å². The molecule has 1 aromatic rings. The number of carboxylic acid groups (broad SMARTS) is 1. The third-order valence-corrected chi connectivity index (χ3v) is 4.38. The molecule has 0 aromatic carbocycles. The molecule has 1 fully saturated rings. The van der Waals surface area contributed by atoms with Gasteiger partial charge in [0.05, 0.1) is 5.69 Å². The van der Waals surface area contributed by atoms with E-state index in [4.69, 9.17) is 9.84 Å². The normalized spacial score (nSPS) is 24.1. The summed E-state index contributed by atoms with van der Waals surface area (Å²) in [6, 6.07) is 0. The Hall–Kier alpha value is -0.940. The van der Waals surface area contributed by atoms with Gasteiger partial charge >= 0.3 is 5.97 Å². The van der Waals surface area contributed by atoms with Crippen LogP contribution in [0, 0.1) is 0 Å². The summed E-state index contributed by atoms with van der Waals surface area (Å²) in [5.41, 5.74) is 0.331. The van der Waals surface area contributed by atoms with E-state index in [-0.39, 0.29) is 5.60 Å². The minimum Gasteiger partial charge on any atom is -0.477 e. The van der Waals surface area contributed by atoms with E-state index in [0.717, 1.165) is 30.9 Å². The molecular formula is C12H17NO3S. The summed E-state index contributed by atoms with van der Waals surface area (Å²) < 4.78 is 5.71. The molecule has 0 radical (unpaired) electrons. The van der Waals surface area contributed by atoms with Crippen molar-refractivity contribution >= 4 is 17.3 Å². The summed E-state index contributed by atoms with van der Waals surface area (Å²) in [6.07, 6.45) is 3.56. The first kappa shape index (κ1) is 12.5. The number of nitrogens with zero attached hydrogens (tertiary/aromatic N) is 1. The molecule has 5 heteroatoms. The molecule has 2 rings (SSSR count). The molecule has 0 aliphatic carbocycles. The molecule has 1 aliphatic heterocycles. The molecule has 0 saturated carbocycles. The fourth-order valence-electron chi connectivity index (χ4n) is 2.10. The number of thiazole rings is 1. The van der Waals surface area contributed by atoms with Gasteiger partial charge < -0.3 is 9.84 Å². The highest BCUT2D eigenvalue weighted by Crippen LogP contribution is 2.38. The average molecular weight is 255 g/mol. The van der Waals surface area contributed by atoms with Crippen LogP contribution in [0.3, 0.4) is 0 Å². The van der Waals surface area contributed by atoms with Gasteiger partial charge in [-0.25, -0.2) is 9.78 Å². The summed E-state index contributed by atoms with van der Waals surface area (Å²) in [6.45, 7) is 4.76. The molecule has 1 unspecified atom stereocenters. The van der Waals surface area contributed by atoms with Crippen molar-refractivity contribution in [3.8, 4) is 0 Å². The number of aromatic nitrogens is 1. The highest BCUT2D eigenvalue weighted by atomic mass is 32.1. The fourth-order valence-corrected chi connectivity index (χ4v) is 3.18. The lowest BCUT2D eigenvalue weighted by Gasteiger charge is -2.19. The van der Waals surface area contributed by atoms with Crippen LogP contribution < -0.4 is 0 Å². The van der Waals surface area contributed by atoms with E-state index in [2.05, 4.69) is 4.98 Å². The Morgan fingerprint density at radius 3 is 2.94 bits per heavy atom. The van der Waals surface area contributed by atoms with Gasteiger partial charge in [-0.15, -0.1) is 11.3 Å². The van der Waals surface area contributed by atoms with Gasteiger partial charge in [-0.1, -0.05) is 13.3 Å². The Balaban J connectivity index is 2.36. The molecule has 4 nitrogen and oxygen atoms in total. The molecule has 0 spiro atoms. The second kappa shape index (κ2) is 4.74. The zero-order valence-corrected chi connectivity index (χ0v) is 11.0. The summed E-state index contributed by atoms with van der Waals surface area (Å²) in [5, 5.41) is 9.98. The standard InChI is InChI=1S/C12H17NO3S/c1-3-5-8-9(10(14)15)17-11(13-8)12(2)6-4-7-16-12/h3-7H2,1-2H3,(H,14,15). The van der Waals surface area contributed by atoms with Crippen LogP contribution in [0.2, 0.25) is 0 Å². The third-order valence-electron chi connectivity index (χ3n) is 3.05. The first-order valence-electron chi connectivity index (χ1n) is 5.94. The smallest absolute Gasteiger partial charge is 0.347 e. The van der Waals surface area contributed by atoms with Crippen LogP contribution in [0.1, 0.15) is 53.5 Å². The predicted molar refractivity (Wildman–Crippen MR) is 65.6 cm³/mol. The Kier molecular flexibility index (Phi) is 3.49. The SMILES string of the molecule is CCCc1nc(C2(C)CCCO2)sc1C(=O)O. The molecule has 0 bridgehead atoms. The highest BCUT2D eigenvalue weighted by molar-refractivity contribution is 7.13. The van der Waals surface area contributed by atoms with Crippen LogP contribution in [0.25, 0.3) is 0 Å². The van der Waals surface area contributed by atoms with E-state index in [1.807, 2.05) is 13.8 Å². The topological polar surface area (TPSA) is 59.4 Å². The number of aryl methyl sites for hydroxylation is 1. The number of aromatic carboxylic acids is 1. The molecule has 1 atom stereocenters. The van der Waals surface area contributed by atoms with Gasteiger partial charge in [0, 0.05) is 6.61 Å². The van der Waals surface area contributed by atoms with E-state index >= 15 is 0 Å². The van der Waals surface area contributed by atoms with Crippen molar-refractivity contribution in [2.45, 2.75) is 45.1 Å². The number of carbonyl (C=O) groups is 1. The zero-order valence-electron chi connectivity index (χ0n) is 10.2. The molecule has 1 aromatic heterocycles. The van der Waals surface area contributed by atoms with Crippen LogP contribution in [-0.4, -0.2) is 22.7 Å². The maximum absolute atomic E-state index is 11.2. The van der Waals surface area contributed by atoms with E-state index in [1.54, 1.807) is 0 Å². The first-order chi connectivity index (χ1) is 8.07. The summed E-state index contributed by atoms with van der Waals surface area (Å²) in [4.78, 5) is 16.0. The molecule has 17 heavy (non-hydrogen) atoms. The Labute approximate surface area is 105 Å². The van der Waals surface area contributed by atoms with E-state index in [1.165, 1.54) is 11.3 Å². The van der Waals surface area contributed by atoms with Crippen molar-refractivity contribution < 1.29 is 14.6 Å². The highest BCUT2D eigenvalue weighted by Gasteiger charge is 2.36. The van der Waals surface area contributed by atoms with Gasteiger partial charge in [0.2, 0.25) is 0 Å². The van der Waals surface area contributed by atoms with Gasteiger partial charge in [-0.05, 0) is 26.2 Å². The van der Waals surface area contributed by atoms with Gasteiger partial charge in [0.15, 0.2) is 0 Å². The van der Waals surface area contributed by atoms with E-state index < -0.39 is 5.97 Å². The van der Waals surface area contributed by atoms with Gasteiger partial charge in [0.25, 0.3) is 0 Å². The van der Waals surface area contributed by atoms with Crippen LogP contribution in [0.15, 0.2) is 0 Å². The van der Waals surface area contributed by atoms with Gasteiger partial charge in [0.1, 0.15) is 15.5 Å². The quantitative estimate of drug-likeness (QED) is 0.898. The number of carboxylic acids is 1. The number of rotatable bonds is 4. The molecular weight excluding hydrogens is 238 g/mol. The van der Waals surface area contributed by atoms with E-state index in [0.29, 0.717) is 17.0 Å². The van der Waals surface area contributed by atoms with Crippen LogP contribution in [-0.2, 0) is 16.8 Å². The van der Waals surface area contributed by atoms with Gasteiger partial charge in [-0.2, -0.15) is 0 Å². The van der Waals surface area contributed by atoms with Crippen molar-refractivity contribution in [1.82, 2.24) is 4.98 Å². The number of hydrogen-bond donors (Lipinski definition) is 1. The Bertz CT molecular complexity index is 421. The number of ether oxygens (including phenoxy) is 1. The fraction of sp³-hybridized carbons (Fsp3) is 0.667. The zero-order chi connectivity index (χ0) is 12.5. The maximum atomic E-state index is 11.2. The van der Waals surface area contributed by atoms with Crippen molar-refractivity contribution in [1.29, 1.82) is 0 Å². The minimum atomic E-state index is -0.876. The Morgan fingerprint density at radius 1 is 1.65 bits per heavy atom. The molecule has 1 N–H and O–H groups in total. The summed E-state index contributed by atoms with van der Waals surface area (Å²) >= 11 is 1.27.